The summed E-state index contributed by atoms with van der Waals surface area (Å²) in [5.74, 6) is 0.818. The van der Waals surface area contributed by atoms with Crippen LogP contribution in [0, 0.1) is 0 Å². The summed E-state index contributed by atoms with van der Waals surface area (Å²) in [4.78, 5) is 36.3. The van der Waals surface area contributed by atoms with Gasteiger partial charge in [-0.15, -0.1) is 0 Å². The summed E-state index contributed by atoms with van der Waals surface area (Å²) < 4.78 is 19.0. The zero-order chi connectivity index (χ0) is 26.1. The van der Waals surface area contributed by atoms with E-state index in [1.807, 2.05) is 42.5 Å². The minimum atomic E-state index is -0.397. The molecule has 0 aliphatic carbocycles. The van der Waals surface area contributed by atoms with Crippen molar-refractivity contribution in [3.8, 4) is 11.5 Å². The number of nitrogens with zero attached hydrogens (tertiary/aromatic N) is 2. The van der Waals surface area contributed by atoms with Crippen LogP contribution >= 0.6 is 11.6 Å². The molecular weight excluding hydrogens is 484 g/mol. The van der Waals surface area contributed by atoms with Crippen molar-refractivity contribution < 1.29 is 19.0 Å². The van der Waals surface area contributed by atoms with E-state index < -0.39 is 5.69 Å². The number of esters is 1. The standard InChI is InChI=1S/C27H31ClN2O6/c1-4-35-26(32)18-21(20-8-10-22(28)11-9-20)7-5-19-6-12-23(24(17-19)34-3)36-16-15-30-25(31)13-14-29(2)27(30)33/h6,8-14,17,21H,4-5,7,15-16,18H2,1-3H3. The Morgan fingerprint density at radius 3 is 2.50 bits per heavy atom. The predicted octanol–water partition coefficient (Wildman–Crippen LogP) is 3.96. The minimum absolute atomic E-state index is 0.0185. The van der Waals surface area contributed by atoms with Crippen LogP contribution in [0.1, 0.15) is 36.8 Å². The number of methoxy groups -OCH3 is 1. The second-order valence-electron chi connectivity index (χ2n) is 8.33. The molecule has 8 nitrogen and oxygen atoms in total. The summed E-state index contributed by atoms with van der Waals surface area (Å²) in [5.41, 5.74) is 1.28. The van der Waals surface area contributed by atoms with Crippen LogP contribution in [-0.4, -0.2) is 35.4 Å². The van der Waals surface area contributed by atoms with Crippen molar-refractivity contribution in [2.24, 2.45) is 7.05 Å². The van der Waals surface area contributed by atoms with E-state index in [0.717, 1.165) is 22.1 Å². The van der Waals surface area contributed by atoms with Gasteiger partial charge < -0.3 is 18.8 Å². The number of aryl methyl sites for hydroxylation is 2. The topological polar surface area (TPSA) is 88.8 Å². The molecule has 3 aromatic rings. The van der Waals surface area contributed by atoms with Crippen molar-refractivity contribution in [2.75, 3.05) is 20.3 Å². The molecule has 1 aromatic heterocycles. The average Bonchev–Trinajstić information content (AvgIpc) is 2.87. The third-order valence-corrected chi connectivity index (χ3v) is 6.13. The van der Waals surface area contributed by atoms with Gasteiger partial charge in [0.25, 0.3) is 5.56 Å². The van der Waals surface area contributed by atoms with E-state index >= 15 is 0 Å². The van der Waals surface area contributed by atoms with Gasteiger partial charge in [0.05, 0.1) is 26.7 Å². The molecule has 36 heavy (non-hydrogen) atoms. The first-order valence-corrected chi connectivity index (χ1v) is 12.2. The summed E-state index contributed by atoms with van der Waals surface area (Å²) in [5, 5.41) is 0.645. The fourth-order valence-electron chi connectivity index (χ4n) is 3.94. The van der Waals surface area contributed by atoms with Gasteiger partial charge in [0.2, 0.25) is 0 Å². The molecule has 9 heteroatoms. The number of carbonyl (C=O) groups is 1. The molecule has 1 atom stereocenters. The Labute approximate surface area is 215 Å². The van der Waals surface area contributed by atoms with Crippen molar-refractivity contribution in [3.63, 3.8) is 0 Å². The Kier molecular flexibility index (Phi) is 9.76. The van der Waals surface area contributed by atoms with Crippen LogP contribution in [0.4, 0.5) is 0 Å². The molecule has 3 rings (SSSR count). The smallest absolute Gasteiger partial charge is 0.330 e. The van der Waals surface area contributed by atoms with Gasteiger partial charge in [0.1, 0.15) is 6.61 Å². The highest BCUT2D eigenvalue weighted by Gasteiger charge is 2.18. The van der Waals surface area contributed by atoms with E-state index in [1.165, 1.54) is 16.8 Å². The van der Waals surface area contributed by atoms with Crippen LogP contribution < -0.4 is 20.7 Å². The molecular formula is C27H31ClN2O6. The molecule has 2 aromatic carbocycles. The Morgan fingerprint density at radius 2 is 1.81 bits per heavy atom. The average molecular weight is 515 g/mol. The second-order valence-corrected chi connectivity index (χ2v) is 8.77. The third kappa shape index (κ3) is 7.24. The van der Waals surface area contributed by atoms with Crippen molar-refractivity contribution >= 4 is 17.6 Å². The molecule has 1 heterocycles. The first-order chi connectivity index (χ1) is 17.3. The van der Waals surface area contributed by atoms with Crippen molar-refractivity contribution in [2.45, 2.75) is 38.6 Å². The fourth-order valence-corrected chi connectivity index (χ4v) is 4.06. The van der Waals surface area contributed by atoms with Gasteiger partial charge in [-0.25, -0.2) is 4.79 Å². The SMILES string of the molecule is CCOC(=O)CC(CCc1ccc(OCCn2c(=O)ccn(C)c2=O)c(OC)c1)c1ccc(Cl)cc1. The van der Waals surface area contributed by atoms with Crippen LogP contribution in [-0.2, 0) is 29.5 Å². The quantitative estimate of drug-likeness (QED) is 0.340. The number of aromatic nitrogens is 2. The summed E-state index contributed by atoms with van der Waals surface area (Å²) >= 11 is 6.04. The van der Waals surface area contributed by atoms with Crippen LogP contribution in [0.2, 0.25) is 5.02 Å². The van der Waals surface area contributed by atoms with Crippen molar-refractivity contribution in [3.05, 3.63) is 91.7 Å². The minimum Gasteiger partial charge on any atom is -0.493 e. The molecule has 1 unspecified atom stereocenters. The number of benzene rings is 2. The zero-order valence-corrected chi connectivity index (χ0v) is 21.5. The molecule has 0 fully saturated rings. The largest absolute Gasteiger partial charge is 0.493 e. The maximum absolute atomic E-state index is 12.2. The van der Waals surface area contributed by atoms with Gasteiger partial charge in [-0.2, -0.15) is 0 Å². The molecule has 0 bridgehead atoms. The number of ether oxygens (including phenoxy) is 3. The monoisotopic (exact) mass is 514 g/mol. The Balaban J connectivity index is 1.67. The van der Waals surface area contributed by atoms with Crippen LogP contribution in [0.25, 0.3) is 0 Å². The van der Waals surface area contributed by atoms with Gasteiger partial charge in [0, 0.05) is 24.3 Å². The van der Waals surface area contributed by atoms with Crippen LogP contribution in [0.3, 0.4) is 0 Å². The normalized spacial score (nSPS) is 11.7. The lowest BCUT2D eigenvalue weighted by molar-refractivity contribution is -0.143. The van der Waals surface area contributed by atoms with Crippen LogP contribution in [0.5, 0.6) is 11.5 Å². The fraction of sp³-hybridized carbons (Fsp3) is 0.370. The maximum Gasteiger partial charge on any atom is 0.330 e. The van der Waals surface area contributed by atoms with E-state index in [2.05, 4.69) is 0 Å². The van der Waals surface area contributed by atoms with E-state index in [9.17, 15) is 14.4 Å². The van der Waals surface area contributed by atoms with Gasteiger partial charge in [-0.3, -0.25) is 14.2 Å². The molecule has 0 N–H and O–H groups in total. The first kappa shape index (κ1) is 27.1. The Morgan fingerprint density at radius 1 is 1.06 bits per heavy atom. The lowest BCUT2D eigenvalue weighted by Gasteiger charge is -2.18. The van der Waals surface area contributed by atoms with E-state index in [1.54, 1.807) is 21.1 Å². The summed E-state index contributed by atoms with van der Waals surface area (Å²) in [6, 6.07) is 14.5. The van der Waals surface area contributed by atoms with E-state index in [-0.39, 0.29) is 37.0 Å². The number of carbonyl (C=O) groups excluding carboxylic acids is 1. The third-order valence-electron chi connectivity index (χ3n) is 5.88. The maximum atomic E-state index is 12.2. The molecule has 0 aliphatic heterocycles. The van der Waals surface area contributed by atoms with Crippen molar-refractivity contribution in [1.82, 2.24) is 9.13 Å². The molecule has 0 radical (unpaired) electrons. The van der Waals surface area contributed by atoms with Gasteiger partial charge in [-0.1, -0.05) is 29.8 Å². The van der Waals surface area contributed by atoms with Crippen LogP contribution in [0.15, 0.2) is 64.3 Å². The molecule has 0 amide bonds. The lowest BCUT2D eigenvalue weighted by Crippen LogP contribution is -2.39. The highest BCUT2D eigenvalue weighted by molar-refractivity contribution is 6.30. The number of rotatable bonds is 12. The van der Waals surface area contributed by atoms with Gasteiger partial charge >= 0.3 is 11.7 Å². The molecule has 0 spiro atoms. The second kappa shape index (κ2) is 13.0. The molecule has 0 saturated carbocycles. The summed E-state index contributed by atoms with van der Waals surface area (Å²) in [7, 11) is 3.14. The number of halogens is 1. The highest BCUT2D eigenvalue weighted by Crippen LogP contribution is 2.31. The first-order valence-electron chi connectivity index (χ1n) is 11.8. The highest BCUT2D eigenvalue weighted by atomic mass is 35.5. The molecule has 192 valence electrons. The Bertz CT molecular complexity index is 1280. The number of hydrogen-bond acceptors (Lipinski definition) is 6. The number of hydrogen-bond donors (Lipinski definition) is 0. The zero-order valence-electron chi connectivity index (χ0n) is 20.7. The van der Waals surface area contributed by atoms with E-state index in [4.69, 9.17) is 25.8 Å². The Hall–Kier alpha value is -3.52. The molecule has 0 saturated heterocycles. The van der Waals surface area contributed by atoms with Gasteiger partial charge in [0.15, 0.2) is 11.5 Å². The molecule has 0 aliphatic rings. The van der Waals surface area contributed by atoms with E-state index in [0.29, 0.717) is 29.5 Å². The van der Waals surface area contributed by atoms with Gasteiger partial charge in [-0.05, 0) is 61.1 Å². The van der Waals surface area contributed by atoms with Crippen molar-refractivity contribution in [1.29, 1.82) is 0 Å². The lowest BCUT2D eigenvalue weighted by atomic mass is 9.89. The summed E-state index contributed by atoms with van der Waals surface area (Å²) in [6.45, 7) is 2.39. The summed E-state index contributed by atoms with van der Waals surface area (Å²) in [6.07, 6.45) is 3.16. The predicted molar refractivity (Wildman–Crippen MR) is 138 cm³/mol.